The highest BCUT2D eigenvalue weighted by Crippen LogP contribution is 2.31. The van der Waals surface area contributed by atoms with Crippen molar-refractivity contribution in [3.8, 4) is 11.8 Å². The summed E-state index contributed by atoms with van der Waals surface area (Å²) in [4.78, 5) is 3.21. The Bertz CT molecular complexity index is 373. The van der Waals surface area contributed by atoms with E-state index in [1.54, 1.807) is 0 Å². The number of aromatic hydroxyl groups is 1. The fourth-order valence-corrected chi connectivity index (χ4v) is 0.807. The van der Waals surface area contributed by atoms with Gasteiger partial charge in [-0.05, 0) is 0 Å². The van der Waals surface area contributed by atoms with Crippen LogP contribution in [0.4, 0.5) is 14.5 Å². The van der Waals surface area contributed by atoms with Crippen molar-refractivity contribution in [1.82, 2.24) is 4.98 Å². The molecule has 0 atom stereocenters. The van der Waals surface area contributed by atoms with Crippen molar-refractivity contribution in [1.29, 1.82) is 5.26 Å². The molecule has 0 amide bonds. The van der Waals surface area contributed by atoms with Crippen molar-refractivity contribution >= 4 is 5.69 Å². The Hall–Kier alpha value is -1.90. The molecule has 0 saturated heterocycles. The molecule has 1 aromatic heterocycles. The lowest BCUT2D eigenvalue weighted by atomic mass is 10.2. The van der Waals surface area contributed by atoms with Crippen molar-refractivity contribution in [2.45, 2.75) is 6.43 Å². The quantitative estimate of drug-likeness (QED) is 0.688. The Balaban J connectivity index is 3.38. The summed E-state index contributed by atoms with van der Waals surface area (Å²) in [6, 6.07) is 1.51. The van der Waals surface area contributed by atoms with Crippen LogP contribution in [0.5, 0.6) is 5.75 Å². The first kappa shape index (κ1) is 9.19. The molecule has 0 radical (unpaired) electrons. The first-order valence-corrected chi connectivity index (χ1v) is 3.23. The van der Waals surface area contributed by atoms with Crippen LogP contribution in [0, 0.1) is 11.3 Å². The van der Waals surface area contributed by atoms with Crippen molar-refractivity contribution in [2.75, 3.05) is 5.73 Å². The molecule has 0 bridgehead atoms. The van der Waals surface area contributed by atoms with Crippen LogP contribution >= 0.6 is 0 Å². The number of halogens is 2. The molecular weight excluding hydrogens is 180 g/mol. The Kier molecular flexibility index (Phi) is 2.28. The second-order valence-corrected chi connectivity index (χ2v) is 2.23. The third-order valence-corrected chi connectivity index (χ3v) is 1.43. The molecule has 0 fully saturated rings. The number of aromatic nitrogens is 1. The van der Waals surface area contributed by atoms with E-state index in [2.05, 4.69) is 4.98 Å². The molecule has 0 aliphatic carbocycles. The van der Waals surface area contributed by atoms with E-state index in [0.29, 0.717) is 0 Å². The van der Waals surface area contributed by atoms with E-state index >= 15 is 0 Å². The largest absolute Gasteiger partial charge is 0.504 e. The maximum absolute atomic E-state index is 12.1. The molecule has 0 aromatic carbocycles. The average Bonchev–Trinajstić information content (AvgIpc) is 2.04. The molecular formula is C7H5F2N3O. The molecule has 0 aliphatic rings. The van der Waals surface area contributed by atoms with Gasteiger partial charge in [-0.2, -0.15) is 5.26 Å². The van der Waals surface area contributed by atoms with Crippen molar-refractivity contribution in [3.63, 3.8) is 0 Å². The van der Waals surface area contributed by atoms with Gasteiger partial charge in [0.25, 0.3) is 6.43 Å². The predicted molar refractivity (Wildman–Crippen MR) is 40.0 cm³/mol. The number of nitriles is 1. The summed E-state index contributed by atoms with van der Waals surface area (Å²) in [7, 11) is 0. The fraction of sp³-hybridized carbons (Fsp3) is 0.143. The van der Waals surface area contributed by atoms with Gasteiger partial charge in [-0.25, -0.2) is 13.8 Å². The monoisotopic (exact) mass is 185 g/mol. The van der Waals surface area contributed by atoms with E-state index in [4.69, 9.17) is 16.1 Å². The lowest BCUT2D eigenvalue weighted by molar-refractivity contribution is 0.142. The Morgan fingerprint density at radius 3 is 2.69 bits per heavy atom. The van der Waals surface area contributed by atoms with Crippen LogP contribution in [0.1, 0.15) is 17.7 Å². The van der Waals surface area contributed by atoms with E-state index in [-0.39, 0.29) is 11.3 Å². The number of nitrogen functional groups attached to an aromatic ring is 1. The highest BCUT2D eigenvalue weighted by atomic mass is 19.3. The number of rotatable bonds is 1. The topological polar surface area (TPSA) is 82.9 Å². The smallest absolute Gasteiger partial charge is 0.284 e. The molecule has 0 aliphatic heterocycles. The predicted octanol–water partition coefficient (Wildman–Crippen LogP) is 1.18. The van der Waals surface area contributed by atoms with Gasteiger partial charge in [0.1, 0.15) is 17.3 Å². The van der Waals surface area contributed by atoms with E-state index in [1.165, 1.54) is 6.07 Å². The average molecular weight is 185 g/mol. The van der Waals surface area contributed by atoms with Crippen LogP contribution in [0.15, 0.2) is 6.20 Å². The maximum Gasteiger partial charge on any atom is 0.284 e. The molecule has 0 unspecified atom stereocenters. The van der Waals surface area contributed by atoms with Crippen molar-refractivity contribution in [2.24, 2.45) is 0 Å². The summed E-state index contributed by atoms with van der Waals surface area (Å²) < 4.78 is 24.2. The van der Waals surface area contributed by atoms with Gasteiger partial charge in [-0.3, -0.25) is 0 Å². The maximum atomic E-state index is 12.1. The Morgan fingerprint density at radius 2 is 2.23 bits per heavy atom. The second-order valence-electron chi connectivity index (χ2n) is 2.23. The van der Waals surface area contributed by atoms with Gasteiger partial charge < -0.3 is 10.8 Å². The minimum Gasteiger partial charge on any atom is -0.504 e. The summed E-state index contributed by atoms with van der Waals surface area (Å²) >= 11 is 0. The number of alkyl halides is 2. The number of pyridine rings is 1. The van der Waals surface area contributed by atoms with Gasteiger partial charge in [0.05, 0.1) is 11.9 Å². The third-order valence-electron chi connectivity index (χ3n) is 1.43. The summed E-state index contributed by atoms with van der Waals surface area (Å²) in [5, 5.41) is 17.5. The summed E-state index contributed by atoms with van der Waals surface area (Å²) in [5.41, 5.74) is 3.89. The van der Waals surface area contributed by atoms with Crippen LogP contribution in [0.3, 0.4) is 0 Å². The molecule has 1 heterocycles. The summed E-state index contributed by atoms with van der Waals surface area (Å²) in [5.74, 6) is -0.850. The number of anilines is 1. The van der Waals surface area contributed by atoms with Gasteiger partial charge >= 0.3 is 0 Å². The first-order valence-electron chi connectivity index (χ1n) is 3.23. The van der Waals surface area contributed by atoms with Crippen molar-refractivity contribution in [3.05, 3.63) is 17.5 Å². The molecule has 6 heteroatoms. The highest BCUT2D eigenvalue weighted by molar-refractivity contribution is 5.60. The van der Waals surface area contributed by atoms with E-state index in [1.807, 2.05) is 0 Å². The number of nitrogens with zero attached hydrogens (tertiary/aromatic N) is 2. The third kappa shape index (κ3) is 1.49. The molecule has 1 rings (SSSR count). The van der Waals surface area contributed by atoms with Crippen LogP contribution < -0.4 is 5.73 Å². The van der Waals surface area contributed by atoms with Crippen LogP contribution in [0.2, 0.25) is 0 Å². The molecule has 13 heavy (non-hydrogen) atoms. The summed E-state index contributed by atoms with van der Waals surface area (Å²) in [6.07, 6.45) is -2.01. The number of hydrogen-bond acceptors (Lipinski definition) is 4. The van der Waals surface area contributed by atoms with Gasteiger partial charge in [0, 0.05) is 0 Å². The Labute approximate surface area is 72.2 Å². The van der Waals surface area contributed by atoms with Crippen LogP contribution in [-0.2, 0) is 0 Å². The molecule has 4 nitrogen and oxygen atoms in total. The molecule has 68 valence electrons. The van der Waals surface area contributed by atoms with Gasteiger partial charge in [-0.1, -0.05) is 0 Å². The molecule has 3 N–H and O–H groups in total. The lowest BCUT2D eigenvalue weighted by Crippen LogP contribution is -1.98. The second kappa shape index (κ2) is 3.23. The normalized spacial score (nSPS) is 10.0. The van der Waals surface area contributed by atoms with E-state index < -0.39 is 17.9 Å². The van der Waals surface area contributed by atoms with Crippen molar-refractivity contribution < 1.29 is 13.9 Å². The van der Waals surface area contributed by atoms with Gasteiger partial charge in [0.15, 0.2) is 5.75 Å². The van der Waals surface area contributed by atoms with Gasteiger partial charge in [0.2, 0.25) is 0 Å². The zero-order valence-electron chi connectivity index (χ0n) is 6.33. The van der Waals surface area contributed by atoms with Crippen LogP contribution in [0.25, 0.3) is 0 Å². The minimum atomic E-state index is -2.92. The zero-order chi connectivity index (χ0) is 10.0. The van der Waals surface area contributed by atoms with Gasteiger partial charge in [-0.15, -0.1) is 0 Å². The molecule has 0 spiro atoms. The first-order chi connectivity index (χ1) is 6.07. The molecule has 0 saturated carbocycles. The molecule has 1 aromatic rings. The number of hydrogen-bond donors (Lipinski definition) is 2. The van der Waals surface area contributed by atoms with E-state index in [9.17, 15) is 8.78 Å². The fourth-order valence-electron chi connectivity index (χ4n) is 0.807. The summed E-state index contributed by atoms with van der Waals surface area (Å²) in [6.45, 7) is 0. The highest BCUT2D eigenvalue weighted by Gasteiger charge is 2.19. The van der Waals surface area contributed by atoms with E-state index in [0.717, 1.165) is 6.20 Å². The minimum absolute atomic E-state index is 0.121. The van der Waals surface area contributed by atoms with Crippen LogP contribution in [-0.4, -0.2) is 10.1 Å². The SMILES string of the molecule is N#Cc1c(N)cnc(C(F)F)c1O. The number of nitrogens with two attached hydrogens (primary N) is 1. The zero-order valence-corrected chi connectivity index (χ0v) is 6.33. The Morgan fingerprint density at radius 1 is 1.62 bits per heavy atom. The standard InChI is InChI=1S/C7H5F2N3O/c8-7(9)5-6(13)3(1-10)4(11)2-12-5/h2,7,13H,11H2. The lowest BCUT2D eigenvalue weighted by Gasteiger charge is -2.04.